The van der Waals surface area contributed by atoms with Crippen LogP contribution in [0, 0.1) is 10.8 Å². The molecule has 1 N–H and O–H groups in total. The van der Waals surface area contributed by atoms with Crippen molar-refractivity contribution >= 4 is 11.6 Å². The predicted molar refractivity (Wildman–Crippen MR) is 66.1 cm³/mol. The van der Waals surface area contributed by atoms with Crippen LogP contribution in [0.1, 0.15) is 34.6 Å². The van der Waals surface area contributed by atoms with Gasteiger partial charge in [-0.25, -0.2) is 0 Å². The number of allylic oxidation sites excluding steroid dienone is 2. The third-order valence-corrected chi connectivity index (χ3v) is 3.50. The molecular formula is C13H21ClO. The monoisotopic (exact) mass is 228 g/mol. The minimum atomic E-state index is -0.443. The molecule has 0 amide bonds. The van der Waals surface area contributed by atoms with Crippen LogP contribution in [0.2, 0.25) is 0 Å². The Hall–Kier alpha value is -0.270. The summed E-state index contributed by atoms with van der Waals surface area (Å²) in [5.74, 6) is 0.552. The molecule has 0 spiro atoms. The molecule has 0 saturated carbocycles. The van der Waals surface area contributed by atoms with Gasteiger partial charge in [-0.15, -0.1) is 11.6 Å². The lowest BCUT2D eigenvalue weighted by Gasteiger charge is -2.36. The van der Waals surface area contributed by atoms with Gasteiger partial charge in [0, 0.05) is 11.3 Å². The fourth-order valence-corrected chi connectivity index (χ4v) is 2.18. The topological polar surface area (TPSA) is 20.2 Å². The summed E-state index contributed by atoms with van der Waals surface area (Å²) in [7, 11) is 0. The molecule has 1 aliphatic rings. The van der Waals surface area contributed by atoms with E-state index in [2.05, 4.69) is 39.8 Å². The summed E-state index contributed by atoms with van der Waals surface area (Å²) in [6.45, 7) is 10.4. The second-order valence-electron chi connectivity index (χ2n) is 5.78. The molecule has 2 atom stereocenters. The van der Waals surface area contributed by atoms with Crippen molar-refractivity contribution in [1.29, 1.82) is 0 Å². The van der Waals surface area contributed by atoms with Crippen molar-refractivity contribution in [2.24, 2.45) is 10.8 Å². The molecule has 1 nitrogen and oxygen atoms in total. The van der Waals surface area contributed by atoms with Crippen molar-refractivity contribution in [2.45, 2.75) is 40.7 Å². The summed E-state index contributed by atoms with van der Waals surface area (Å²) < 4.78 is 0. The van der Waals surface area contributed by atoms with Crippen LogP contribution in [0.3, 0.4) is 0 Å². The third kappa shape index (κ3) is 2.64. The second kappa shape index (κ2) is 3.95. The average molecular weight is 229 g/mol. The first-order valence-corrected chi connectivity index (χ1v) is 5.90. The normalized spacial score (nSPS) is 32.3. The van der Waals surface area contributed by atoms with Crippen molar-refractivity contribution in [3.63, 3.8) is 0 Å². The van der Waals surface area contributed by atoms with Crippen molar-refractivity contribution in [3.05, 3.63) is 23.3 Å². The second-order valence-corrected chi connectivity index (χ2v) is 6.05. The van der Waals surface area contributed by atoms with Gasteiger partial charge < -0.3 is 5.11 Å². The van der Waals surface area contributed by atoms with E-state index in [1.807, 2.05) is 6.92 Å². The largest absolute Gasteiger partial charge is 0.384 e. The molecule has 86 valence electrons. The number of aliphatic hydroxyl groups excluding tert-OH is 1. The number of halogens is 1. The van der Waals surface area contributed by atoms with Crippen molar-refractivity contribution < 1.29 is 5.11 Å². The van der Waals surface area contributed by atoms with Gasteiger partial charge in [0.25, 0.3) is 0 Å². The van der Waals surface area contributed by atoms with E-state index in [4.69, 9.17) is 11.6 Å². The number of alkyl halides is 1. The van der Waals surface area contributed by atoms with E-state index in [9.17, 15) is 5.11 Å². The smallest absolute Gasteiger partial charge is 0.0964 e. The lowest BCUT2D eigenvalue weighted by Crippen LogP contribution is -2.31. The van der Waals surface area contributed by atoms with Gasteiger partial charge >= 0.3 is 0 Å². The molecule has 0 saturated heterocycles. The number of rotatable bonds is 1. The fraction of sp³-hybridized carbons (Fsp3) is 0.692. The van der Waals surface area contributed by atoms with Crippen molar-refractivity contribution in [3.8, 4) is 0 Å². The first-order chi connectivity index (χ1) is 6.69. The summed E-state index contributed by atoms with van der Waals surface area (Å²) >= 11 is 5.98. The van der Waals surface area contributed by atoms with E-state index in [1.54, 1.807) is 0 Å². The fourth-order valence-electron chi connectivity index (χ4n) is 2.02. The average Bonchev–Trinajstić information content (AvgIpc) is 2.10. The van der Waals surface area contributed by atoms with Crippen LogP contribution in [0.15, 0.2) is 23.3 Å². The van der Waals surface area contributed by atoms with Crippen LogP contribution in [0.5, 0.6) is 0 Å². The molecule has 0 radical (unpaired) electrons. The van der Waals surface area contributed by atoms with Gasteiger partial charge in [-0.05, 0) is 23.5 Å². The van der Waals surface area contributed by atoms with Crippen LogP contribution in [-0.2, 0) is 0 Å². The summed E-state index contributed by atoms with van der Waals surface area (Å²) in [6.07, 6.45) is 3.75. The minimum Gasteiger partial charge on any atom is -0.384 e. The Morgan fingerprint density at radius 2 is 1.93 bits per heavy atom. The SMILES string of the molecule is CC1=CC(C)(CCl)C=C(C(C)(C)C)C1O. The number of hydrogen-bond donors (Lipinski definition) is 1. The van der Waals surface area contributed by atoms with Gasteiger partial charge in [-0.1, -0.05) is 39.8 Å². The molecule has 0 fully saturated rings. The van der Waals surface area contributed by atoms with Crippen LogP contribution >= 0.6 is 11.6 Å². The Balaban J connectivity index is 3.17. The van der Waals surface area contributed by atoms with E-state index in [0.29, 0.717) is 5.88 Å². The van der Waals surface area contributed by atoms with Crippen LogP contribution in [0.4, 0.5) is 0 Å². The molecule has 1 rings (SSSR count). The molecule has 1 aliphatic carbocycles. The Morgan fingerprint density at radius 3 is 2.33 bits per heavy atom. The molecule has 0 aliphatic heterocycles. The Labute approximate surface area is 97.8 Å². The Kier molecular flexibility index (Phi) is 3.37. The predicted octanol–water partition coefficient (Wildman–Crippen LogP) is 3.52. The summed E-state index contributed by atoms with van der Waals surface area (Å²) in [4.78, 5) is 0. The summed E-state index contributed by atoms with van der Waals surface area (Å²) in [6, 6.07) is 0. The molecule has 2 heteroatoms. The minimum absolute atomic E-state index is 0.0117. The summed E-state index contributed by atoms with van der Waals surface area (Å²) in [5, 5.41) is 10.1. The zero-order valence-electron chi connectivity index (χ0n) is 10.3. The van der Waals surface area contributed by atoms with E-state index >= 15 is 0 Å². The van der Waals surface area contributed by atoms with E-state index in [1.165, 1.54) is 0 Å². The van der Waals surface area contributed by atoms with E-state index < -0.39 is 6.10 Å². The molecular weight excluding hydrogens is 208 g/mol. The third-order valence-electron chi connectivity index (χ3n) is 2.92. The first kappa shape index (κ1) is 12.8. The highest BCUT2D eigenvalue weighted by Gasteiger charge is 2.33. The molecule has 0 aromatic rings. The van der Waals surface area contributed by atoms with Gasteiger partial charge in [0.2, 0.25) is 0 Å². The molecule has 0 aromatic carbocycles. The Morgan fingerprint density at radius 1 is 1.40 bits per heavy atom. The van der Waals surface area contributed by atoms with Crippen molar-refractivity contribution in [1.82, 2.24) is 0 Å². The summed E-state index contributed by atoms with van der Waals surface area (Å²) in [5.41, 5.74) is 1.95. The quantitative estimate of drug-likeness (QED) is 0.538. The standard InChI is InChI=1S/C13H21ClO/c1-9-6-13(5,8-14)7-10(11(9)15)12(2,3)4/h6-7,11,15H,8H2,1-5H3. The number of aliphatic hydroxyl groups is 1. The van der Waals surface area contributed by atoms with Crippen LogP contribution in [-0.4, -0.2) is 17.1 Å². The molecule has 15 heavy (non-hydrogen) atoms. The zero-order chi connectivity index (χ0) is 11.9. The van der Waals surface area contributed by atoms with Crippen molar-refractivity contribution in [2.75, 3.05) is 5.88 Å². The molecule has 0 bridgehead atoms. The molecule has 2 unspecified atom stereocenters. The zero-order valence-corrected chi connectivity index (χ0v) is 11.0. The Bertz CT molecular complexity index is 309. The van der Waals surface area contributed by atoms with E-state index in [0.717, 1.165) is 11.1 Å². The lowest BCUT2D eigenvalue weighted by molar-refractivity contribution is 0.209. The number of hydrogen-bond acceptors (Lipinski definition) is 1. The van der Waals surface area contributed by atoms with Crippen LogP contribution < -0.4 is 0 Å². The lowest BCUT2D eigenvalue weighted by atomic mass is 9.72. The highest BCUT2D eigenvalue weighted by atomic mass is 35.5. The molecule has 0 heterocycles. The molecule has 0 aromatic heterocycles. The highest BCUT2D eigenvalue weighted by molar-refractivity contribution is 6.18. The highest BCUT2D eigenvalue weighted by Crippen LogP contribution is 2.40. The maximum atomic E-state index is 10.1. The maximum absolute atomic E-state index is 10.1. The van der Waals surface area contributed by atoms with Gasteiger partial charge in [-0.2, -0.15) is 0 Å². The van der Waals surface area contributed by atoms with Gasteiger partial charge in [0.05, 0.1) is 6.10 Å². The van der Waals surface area contributed by atoms with Crippen LogP contribution in [0.25, 0.3) is 0 Å². The van der Waals surface area contributed by atoms with Gasteiger partial charge in [0.1, 0.15) is 0 Å². The van der Waals surface area contributed by atoms with Gasteiger partial charge in [0.15, 0.2) is 0 Å². The maximum Gasteiger partial charge on any atom is 0.0964 e. The van der Waals surface area contributed by atoms with E-state index in [-0.39, 0.29) is 10.8 Å². The first-order valence-electron chi connectivity index (χ1n) is 5.36. The van der Waals surface area contributed by atoms with Gasteiger partial charge in [-0.3, -0.25) is 0 Å².